The monoisotopic (exact) mass is 431 g/mol. The molecule has 0 aliphatic carbocycles. The average Bonchev–Trinajstić information content (AvgIpc) is 3.17. The molecule has 164 valence electrons. The molecule has 32 heavy (non-hydrogen) atoms. The maximum absolute atomic E-state index is 13.4. The van der Waals surface area contributed by atoms with Crippen molar-refractivity contribution in [3.05, 3.63) is 86.2 Å². The third-order valence-corrected chi connectivity index (χ3v) is 6.26. The zero-order chi connectivity index (χ0) is 22.6. The molecule has 0 N–H and O–H groups in total. The largest absolute Gasteiger partial charge is 0.497 e. The Bertz CT molecular complexity index is 1460. The zero-order valence-electron chi connectivity index (χ0n) is 18.6. The van der Waals surface area contributed by atoms with Gasteiger partial charge in [0, 0.05) is 20.6 Å². The summed E-state index contributed by atoms with van der Waals surface area (Å²) < 4.78 is 16.4. The number of aryl methyl sites for hydroxylation is 2. The van der Waals surface area contributed by atoms with Crippen LogP contribution in [0.15, 0.2) is 58.1 Å². The normalized spacial score (nSPS) is 15.7. The lowest BCUT2D eigenvalue weighted by Crippen LogP contribution is -2.37. The van der Waals surface area contributed by atoms with E-state index in [-0.39, 0.29) is 11.2 Å². The second kappa shape index (κ2) is 7.53. The Hall–Kier alpha value is -3.58. The number of ether oxygens (including phenoxy) is 2. The van der Waals surface area contributed by atoms with Crippen molar-refractivity contribution in [2.24, 2.45) is 14.1 Å². The summed E-state index contributed by atoms with van der Waals surface area (Å²) in [5.74, 6) is 0.756. The second-order valence-corrected chi connectivity index (χ2v) is 8.21. The van der Waals surface area contributed by atoms with Crippen LogP contribution in [0.5, 0.6) is 5.75 Å². The highest BCUT2D eigenvalue weighted by Gasteiger charge is 2.33. The van der Waals surface area contributed by atoms with Crippen molar-refractivity contribution in [3.8, 4) is 17.0 Å². The molecule has 7 nitrogen and oxygen atoms in total. The van der Waals surface area contributed by atoms with Gasteiger partial charge in [0.2, 0.25) is 0 Å². The zero-order valence-corrected chi connectivity index (χ0v) is 18.6. The van der Waals surface area contributed by atoms with Crippen molar-refractivity contribution in [3.63, 3.8) is 0 Å². The lowest BCUT2D eigenvalue weighted by molar-refractivity contribution is 0.0478. The van der Waals surface area contributed by atoms with Gasteiger partial charge in [-0.2, -0.15) is 0 Å². The maximum atomic E-state index is 13.4. The molecule has 0 fully saturated rings. The molecule has 7 heteroatoms. The number of nitrogens with zero attached hydrogens (tertiary/aromatic N) is 3. The molecule has 3 heterocycles. The average molecular weight is 431 g/mol. The summed E-state index contributed by atoms with van der Waals surface area (Å²) in [5, 5.41) is 0.541. The number of fused-ring (bicyclic) bond motifs is 3. The first-order chi connectivity index (χ1) is 15.4. The third-order valence-electron chi connectivity index (χ3n) is 6.26. The highest BCUT2D eigenvalue weighted by molar-refractivity contribution is 5.96. The van der Waals surface area contributed by atoms with Gasteiger partial charge in [-0.15, -0.1) is 0 Å². The van der Waals surface area contributed by atoms with Crippen LogP contribution in [0, 0.1) is 6.92 Å². The maximum Gasteiger partial charge on any atom is 0.331 e. The predicted molar refractivity (Wildman–Crippen MR) is 123 cm³/mol. The second-order valence-electron chi connectivity index (χ2n) is 8.21. The molecular weight excluding hydrogens is 406 g/mol. The van der Waals surface area contributed by atoms with Gasteiger partial charge in [0.15, 0.2) is 0 Å². The van der Waals surface area contributed by atoms with Crippen molar-refractivity contribution in [2.45, 2.75) is 19.6 Å². The Kier molecular flexibility index (Phi) is 4.78. The first-order valence-electron chi connectivity index (χ1n) is 10.6. The lowest BCUT2D eigenvalue weighted by Gasteiger charge is -2.28. The van der Waals surface area contributed by atoms with Crippen LogP contribution in [0.2, 0.25) is 0 Å². The molecule has 5 rings (SSSR count). The molecule has 0 radical (unpaired) electrons. The van der Waals surface area contributed by atoms with E-state index in [9.17, 15) is 9.59 Å². The van der Waals surface area contributed by atoms with Crippen molar-refractivity contribution in [1.29, 1.82) is 0 Å². The van der Waals surface area contributed by atoms with Crippen LogP contribution in [0.4, 0.5) is 0 Å². The van der Waals surface area contributed by atoms with Crippen LogP contribution in [0.3, 0.4) is 0 Å². The minimum atomic E-state index is -0.409. The highest BCUT2D eigenvalue weighted by atomic mass is 16.5. The Morgan fingerprint density at radius 1 is 1.03 bits per heavy atom. The Labute approximate surface area is 185 Å². The van der Waals surface area contributed by atoms with E-state index in [2.05, 4.69) is 10.6 Å². The number of hydrogen-bond acceptors (Lipinski definition) is 4. The molecule has 0 bridgehead atoms. The van der Waals surface area contributed by atoms with E-state index in [0.717, 1.165) is 33.8 Å². The standard InChI is InChI=1S/C25H25N3O4/c1-15-6-5-7-17(14-15)20-19-21(26(2)25(30)27(3)24(19)29)22-23(32-13-12-28(20)22)16-8-10-18(31-4)11-9-16/h5-11,14,23H,12-13H2,1-4H3/t23-/m0/s1. The highest BCUT2D eigenvalue weighted by Crippen LogP contribution is 2.40. The number of aromatic nitrogens is 3. The van der Waals surface area contributed by atoms with Crippen molar-refractivity contribution in [2.75, 3.05) is 13.7 Å². The van der Waals surface area contributed by atoms with E-state index in [1.807, 2.05) is 49.4 Å². The molecule has 2 aromatic carbocycles. The van der Waals surface area contributed by atoms with Crippen molar-refractivity contribution >= 4 is 10.9 Å². The number of benzene rings is 2. The van der Waals surface area contributed by atoms with Gasteiger partial charge in [0.05, 0.1) is 36.0 Å². The molecular formula is C25H25N3O4. The summed E-state index contributed by atoms with van der Waals surface area (Å²) in [5.41, 5.74) is 4.62. The Morgan fingerprint density at radius 3 is 2.47 bits per heavy atom. The Balaban J connectivity index is 1.90. The van der Waals surface area contributed by atoms with Gasteiger partial charge in [-0.25, -0.2) is 4.79 Å². The quantitative estimate of drug-likeness (QED) is 0.500. The van der Waals surface area contributed by atoms with Gasteiger partial charge in [-0.3, -0.25) is 13.9 Å². The van der Waals surface area contributed by atoms with Crippen molar-refractivity contribution in [1.82, 2.24) is 13.7 Å². The topological polar surface area (TPSA) is 67.4 Å². The summed E-state index contributed by atoms with van der Waals surface area (Å²) >= 11 is 0. The van der Waals surface area contributed by atoms with E-state index in [4.69, 9.17) is 9.47 Å². The molecule has 1 atom stereocenters. The Morgan fingerprint density at radius 2 is 1.78 bits per heavy atom. The smallest absolute Gasteiger partial charge is 0.331 e. The van der Waals surface area contributed by atoms with E-state index in [0.29, 0.717) is 24.1 Å². The van der Waals surface area contributed by atoms with Crippen LogP contribution >= 0.6 is 0 Å². The summed E-state index contributed by atoms with van der Waals surface area (Å²) in [4.78, 5) is 26.3. The third kappa shape index (κ3) is 2.92. The van der Waals surface area contributed by atoms with Gasteiger partial charge >= 0.3 is 5.69 Å². The minimum Gasteiger partial charge on any atom is -0.497 e. The van der Waals surface area contributed by atoms with E-state index < -0.39 is 6.10 Å². The van der Waals surface area contributed by atoms with Gasteiger partial charge < -0.3 is 14.0 Å². The molecule has 2 aromatic heterocycles. The van der Waals surface area contributed by atoms with E-state index in [1.54, 1.807) is 18.7 Å². The predicted octanol–water partition coefficient (Wildman–Crippen LogP) is 3.14. The fraction of sp³-hybridized carbons (Fsp3) is 0.280. The summed E-state index contributed by atoms with van der Waals surface area (Å²) in [6.45, 7) is 3.12. The van der Waals surface area contributed by atoms with Crippen LogP contribution in [0.1, 0.15) is 22.9 Å². The molecule has 4 aromatic rings. The van der Waals surface area contributed by atoms with Gasteiger partial charge in [-0.1, -0.05) is 35.9 Å². The fourth-order valence-electron chi connectivity index (χ4n) is 4.70. The number of hydrogen-bond donors (Lipinski definition) is 0. The van der Waals surface area contributed by atoms with Gasteiger partial charge in [0.25, 0.3) is 5.56 Å². The first-order valence-corrected chi connectivity index (χ1v) is 10.6. The van der Waals surface area contributed by atoms with E-state index in [1.165, 1.54) is 11.6 Å². The van der Waals surface area contributed by atoms with Crippen LogP contribution in [0.25, 0.3) is 22.2 Å². The lowest BCUT2D eigenvalue weighted by atomic mass is 10.0. The summed E-state index contributed by atoms with van der Waals surface area (Å²) in [7, 11) is 4.87. The SMILES string of the molecule is COc1ccc([C@@H]2OCCn3c(-c4cccc(C)c4)c4c(=O)n(C)c(=O)n(C)c4c32)cc1. The van der Waals surface area contributed by atoms with E-state index >= 15 is 0 Å². The molecule has 0 spiro atoms. The molecule has 0 saturated carbocycles. The fourth-order valence-corrected chi connectivity index (χ4v) is 4.70. The molecule has 1 aliphatic rings. The minimum absolute atomic E-state index is 0.296. The number of rotatable bonds is 3. The summed E-state index contributed by atoms with van der Waals surface area (Å²) in [6.07, 6.45) is -0.409. The van der Waals surface area contributed by atoms with Crippen LogP contribution in [-0.2, 0) is 25.4 Å². The van der Waals surface area contributed by atoms with Crippen LogP contribution in [-0.4, -0.2) is 27.4 Å². The van der Waals surface area contributed by atoms with Gasteiger partial charge in [-0.05, 0) is 36.2 Å². The number of methoxy groups -OCH3 is 1. The molecule has 0 saturated heterocycles. The van der Waals surface area contributed by atoms with Crippen molar-refractivity contribution < 1.29 is 9.47 Å². The first kappa shape index (κ1) is 20.3. The summed E-state index contributed by atoms with van der Waals surface area (Å²) in [6, 6.07) is 15.8. The molecule has 0 unspecified atom stereocenters. The van der Waals surface area contributed by atoms with Crippen LogP contribution < -0.4 is 16.0 Å². The molecule has 0 amide bonds. The van der Waals surface area contributed by atoms with Gasteiger partial charge in [0.1, 0.15) is 11.9 Å². The molecule has 1 aliphatic heterocycles.